The van der Waals surface area contributed by atoms with E-state index in [2.05, 4.69) is 39.7 Å². The van der Waals surface area contributed by atoms with Gasteiger partial charge in [0.25, 0.3) is 0 Å². The highest BCUT2D eigenvalue weighted by molar-refractivity contribution is 5.51. The molecule has 4 aliphatic heterocycles. The Bertz CT molecular complexity index is 678. The van der Waals surface area contributed by atoms with E-state index in [1.165, 1.54) is 0 Å². The van der Waals surface area contributed by atoms with Crippen LogP contribution in [0.3, 0.4) is 0 Å². The van der Waals surface area contributed by atoms with E-state index in [1.807, 2.05) is 0 Å². The highest BCUT2D eigenvalue weighted by Crippen LogP contribution is 2.35. The molecule has 8 heteroatoms. The lowest BCUT2D eigenvalue weighted by atomic mass is 9.93. The van der Waals surface area contributed by atoms with E-state index in [-0.39, 0.29) is 23.4 Å². The zero-order valence-corrected chi connectivity index (χ0v) is 18.2. The normalized spacial score (nSPS) is 37.7. The first-order valence-corrected chi connectivity index (χ1v) is 11.4. The first-order chi connectivity index (χ1) is 14.5. The van der Waals surface area contributed by atoms with Crippen molar-refractivity contribution in [2.75, 3.05) is 62.4 Å². The van der Waals surface area contributed by atoms with Gasteiger partial charge in [0.1, 0.15) is 29.2 Å². The van der Waals surface area contributed by atoms with Gasteiger partial charge in [-0.25, -0.2) is 9.97 Å². The van der Waals surface area contributed by atoms with E-state index in [1.54, 1.807) is 6.33 Å². The predicted molar refractivity (Wildman–Crippen MR) is 113 cm³/mol. The van der Waals surface area contributed by atoms with Crippen LogP contribution in [0.5, 0.6) is 0 Å². The van der Waals surface area contributed by atoms with Crippen molar-refractivity contribution in [3.63, 3.8) is 0 Å². The van der Waals surface area contributed by atoms with E-state index >= 15 is 0 Å². The van der Waals surface area contributed by atoms with Crippen molar-refractivity contribution in [1.29, 1.82) is 0 Å². The summed E-state index contributed by atoms with van der Waals surface area (Å²) in [6, 6.07) is 2.13. The van der Waals surface area contributed by atoms with Crippen LogP contribution in [0.4, 0.5) is 11.6 Å². The van der Waals surface area contributed by atoms with Crippen molar-refractivity contribution in [3.05, 3.63) is 12.4 Å². The molecule has 1 aromatic heterocycles. The minimum atomic E-state index is -0.224. The van der Waals surface area contributed by atoms with E-state index in [9.17, 15) is 0 Å². The van der Waals surface area contributed by atoms with Gasteiger partial charge in [-0.05, 0) is 39.5 Å². The van der Waals surface area contributed by atoms with Crippen LogP contribution in [0.25, 0.3) is 0 Å². The van der Waals surface area contributed by atoms with Gasteiger partial charge in [-0.1, -0.05) is 0 Å². The average molecular weight is 419 g/mol. The molecule has 5 heterocycles. The van der Waals surface area contributed by atoms with Crippen LogP contribution in [0.1, 0.15) is 39.5 Å². The summed E-state index contributed by atoms with van der Waals surface area (Å²) in [5.41, 5.74) is -0.448. The van der Waals surface area contributed by atoms with Gasteiger partial charge in [-0.2, -0.15) is 0 Å². The van der Waals surface area contributed by atoms with Crippen molar-refractivity contribution >= 4 is 11.6 Å². The number of hydrogen-bond donors (Lipinski definition) is 0. The molecule has 30 heavy (non-hydrogen) atoms. The molecule has 0 aliphatic carbocycles. The molecular weight excluding hydrogens is 384 g/mol. The Labute approximate surface area is 178 Å². The van der Waals surface area contributed by atoms with Crippen LogP contribution < -0.4 is 9.80 Å². The lowest BCUT2D eigenvalue weighted by Gasteiger charge is -2.48. The molecule has 0 saturated carbocycles. The molecule has 0 bridgehead atoms. The number of hydrogen-bond acceptors (Lipinski definition) is 8. The third-order valence-electron chi connectivity index (χ3n) is 6.67. The summed E-state index contributed by atoms with van der Waals surface area (Å²) in [6.45, 7) is 10.5. The molecule has 4 saturated heterocycles. The van der Waals surface area contributed by atoms with Gasteiger partial charge in [0, 0.05) is 32.4 Å². The lowest BCUT2D eigenvalue weighted by Crippen LogP contribution is -2.59. The fourth-order valence-corrected chi connectivity index (χ4v) is 5.57. The lowest BCUT2D eigenvalue weighted by molar-refractivity contribution is -0.160. The smallest absolute Gasteiger partial charge is 0.134 e. The fourth-order valence-electron chi connectivity index (χ4n) is 5.57. The van der Waals surface area contributed by atoms with E-state index < -0.39 is 0 Å². The Morgan fingerprint density at radius 2 is 1.33 bits per heavy atom. The summed E-state index contributed by atoms with van der Waals surface area (Å²) >= 11 is 0. The van der Waals surface area contributed by atoms with Gasteiger partial charge < -0.3 is 28.7 Å². The molecule has 166 valence electrons. The second-order valence-electron chi connectivity index (χ2n) is 9.53. The first-order valence-electron chi connectivity index (χ1n) is 11.4. The van der Waals surface area contributed by atoms with Gasteiger partial charge in [0.05, 0.1) is 38.5 Å². The molecule has 4 atom stereocenters. The van der Waals surface area contributed by atoms with Crippen LogP contribution in [-0.4, -0.2) is 86.0 Å². The van der Waals surface area contributed by atoms with E-state index in [0.717, 1.165) is 76.7 Å². The monoisotopic (exact) mass is 418 g/mol. The van der Waals surface area contributed by atoms with Crippen molar-refractivity contribution in [1.82, 2.24) is 9.97 Å². The number of aromatic nitrogens is 2. The van der Waals surface area contributed by atoms with Crippen LogP contribution in [0.2, 0.25) is 0 Å². The van der Waals surface area contributed by atoms with Crippen LogP contribution in [0.15, 0.2) is 12.4 Å². The Hall–Kier alpha value is -1.48. The Morgan fingerprint density at radius 1 is 0.833 bits per heavy atom. The van der Waals surface area contributed by atoms with Gasteiger partial charge >= 0.3 is 0 Å². The molecule has 0 amide bonds. The van der Waals surface area contributed by atoms with E-state index in [4.69, 9.17) is 18.9 Å². The molecule has 4 aliphatic rings. The van der Waals surface area contributed by atoms with Gasteiger partial charge in [-0.3, -0.25) is 0 Å². The SMILES string of the molecule is CC1CN(c2cc(N3CC(C)OC4(CCCOC4)C3)ncn2)CC2(CCCOC2)O1. The maximum absolute atomic E-state index is 6.35. The Balaban J connectivity index is 1.36. The molecule has 4 fully saturated rings. The third kappa shape index (κ3) is 4.15. The van der Waals surface area contributed by atoms with Crippen LogP contribution >= 0.6 is 0 Å². The minimum absolute atomic E-state index is 0.143. The second-order valence-corrected chi connectivity index (χ2v) is 9.53. The molecule has 0 aromatic carbocycles. The molecule has 8 nitrogen and oxygen atoms in total. The molecule has 0 N–H and O–H groups in total. The van der Waals surface area contributed by atoms with Crippen molar-refractivity contribution in [2.24, 2.45) is 0 Å². The number of anilines is 2. The van der Waals surface area contributed by atoms with Crippen molar-refractivity contribution < 1.29 is 18.9 Å². The molecule has 2 spiro atoms. The third-order valence-corrected chi connectivity index (χ3v) is 6.67. The number of rotatable bonds is 2. The fraction of sp³-hybridized carbons (Fsp3) is 0.818. The standard InChI is InChI=1S/C22H34N4O4/c1-17-10-25(12-21(29-17)5-3-7-27-14-21)19-9-20(24-16-23-19)26-11-18(2)30-22(13-26)6-4-8-28-15-22/h9,16-18H,3-8,10-15H2,1-2H3. The quantitative estimate of drug-likeness (QED) is 0.723. The minimum Gasteiger partial charge on any atom is -0.378 e. The molecule has 0 radical (unpaired) electrons. The highest BCUT2D eigenvalue weighted by Gasteiger charge is 2.43. The Morgan fingerprint density at radius 3 is 1.77 bits per heavy atom. The summed E-state index contributed by atoms with van der Waals surface area (Å²) in [5, 5.41) is 0. The molecular formula is C22H34N4O4. The second kappa shape index (κ2) is 8.22. The molecule has 1 aromatic rings. The van der Waals surface area contributed by atoms with E-state index in [0.29, 0.717) is 13.2 Å². The zero-order chi connectivity index (χ0) is 20.6. The van der Waals surface area contributed by atoms with Crippen molar-refractivity contribution in [3.8, 4) is 0 Å². The molecule has 4 unspecified atom stereocenters. The number of morpholine rings is 2. The number of nitrogens with zero attached hydrogens (tertiary/aromatic N) is 4. The first kappa shape index (κ1) is 20.4. The van der Waals surface area contributed by atoms with Crippen LogP contribution in [0, 0.1) is 0 Å². The summed E-state index contributed by atoms with van der Waals surface area (Å²) in [7, 11) is 0. The Kier molecular flexibility index (Phi) is 5.60. The molecule has 5 rings (SSSR count). The maximum Gasteiger partial charge on any atom is 0.134 e. The van der Waals surface area contributed by atoms with Crippen molar-refractivity contribution in [2.45, 2.75) is 62.9 Å². The average Bonchev–Trinajstić information content (AvgIpc) is 2.74. The largest absolute Gasteiger partial charge is 0.378 e. The summed E-state index contributed by atoms with van der Waals surface area (Å²) in [6.07, 6.45) is 6.15. The predicted octanol–water partition coefficient (Wildman–Crippen LogP) is 2.03. The summed E-state index contributed by atoms with van der Waals surface area (Å²) < 4.78 is 24.2. The zero-order valence-electron chi connectivity index (χ0n) is 18.2. The highest BCUT2D eigenvalue weighted by atomic mass is 16.6. The van der Waals surface area contributed by atoms with Gasteiger partial charge in [-0.15, -0.1) is 0 Å². The van der Waals surface area contributed by atoms with Gasteiger partial charge in [0.15, 0.2) is 0 Å². The topological polar surface area (TPSA) is 69.2 Å². The summed E-state index contributed by atoms with van der Waals surface area (Å²) in [5.74, 6) is 1.93. The van der Waals surface area contributed by atoms with Crippen LogP contribution in [-0.2, 0) is 18.9 Å². The number of ether oxygens (including phenoxy) is 4. The summed E-state index contributed by atoms with van der Waals surface area (Å²) in [4.78, 5) is 13.9. The van der Waals surface area contributed by atoms with Gasteiger partial charge in [0.2, 0.25) is 0 Å². The maximum atomic E-state index is 6.35.